The van der Waals surface area contributed by atoms with E-state index in [4.69, 9.17) is 0 Å². The van der Waals surface area contributed by atoms with Crippen LogP contribution in [-0.2, 0) is 16.0 Å². The Balaban J connectivity index is 1.64. The minimum absolute atomic E-state index is 0.0808. The average molecular weight is 333 g/mol. The number of nitrogens with one attached hydrogen (secondary N) is 1. The maximum atomic E-state index is 13.1. The Kier molecular flexibility index (Phi) is 4.38. The smallest absolute Gasteiger partial charge is 0.230 e. The van der Waals surface area contributed by atoms with Gasteiger partial charge in [-0.1, -0.05) is 0 Å². The van der Waals surface area contributed by atoms with Crippen molar-refractivity contribution in [3.05, 3.63) is 40.7 Å². The van der Waals surface area contributed by atoms with Gasteiger partial charge in [-0.25, -0.2) is 9.37 Å². The number of amides is 2. The Bertz CT molecular complexity index is 760. The largest absolute Gasteiger partial charge is 0.326 e. The summed E-state index contributed by atoms with van der Waals surface area (Å²) in [4.78, 5) is 29.8. The van der Waals surface area contributed by atoms with Crippen molar-refractivity contribution < 1.29 is 14.0 Å². The molecule has 1 aromatic carbocycles. The Labute approximate surface area is 137 Å². The van der Waals surface area contributed by atoms with Gasteiger partial charge in [0.05, 0.1) is 12.1 Å². The Morgan fingerprint density at radius 1 is 1.48 bits per heavy atom. The summed E-state index contributed by atoms with van der Waals surface area (Å²) in [6.07, 6.45) is 1.52. The molecule has 1 fully saturated rings. The van der Waals surface area contributed by atoms with Crippen LogP contribution in [-0.4, -0.2) is 23.3 Å². The fourth-order valence-electron chi connectivity index (χ4n) is 2.48. The lowest BCUT2D eigenvalue weighted by molar-refractivity contribution is -0.117. The average Bonchev–Trinajstić information content (AvgIpc) is 3.10. The highest BCUT2D eigenvalue weighted by atomic mass is 32.1. The molecule has 1 aliphatic rings. The van der Waals surface area contributed by atoms with Crippen LogP contribution in [0.1, 0.15) is 24.1 Å². The standard InChI is InChI=1S/C16H16FN3O2S/c1-10-7-11(17)4-5-13(10)19-14(21)8-12-9-23-16(18-12)20-6-2-3-15(20)22/h4-5,7,9H,2-3,6,8H2,1H3,(H,19,21). The molecule has 1 aromatic heterocycles. The molecule has 1 saturated heterocycles. The first-order valence-corrected chi connectivity index (χ1v) is 8.21. The second kappa shape index (κ2) is 6.45. The first-order chi connectivity index (χ1) is 11.0. The fraction of sp³-hybridized carbons (Fsp3) is 0.312. The predicted molar refractivity (Wildman–Crippen MR) is 87.2 cm³/mol. The monoisotopic (exact) mass is 333 g/mol. The number of rotatable bonds is 4. The van der Waals surface area contributed by atoms with Gasteiger partial charge in [0, 0.05) is 24.0 Å². The zero-order valence-electron chi connectivity index (χ0n) is 12.6. The number of hydrogen-bond acceptors (Lipinski definition) is 4. The first-order valence-electron chi connectivity index (χ1n) is 7.34. The normalized spacial score (nSPS) is 14.3. The maximum absolute atomic E-state index is 13.1. The molecule has 0 spiro atoms. The molecular weight excluding hydrogens is 317 g/mol. The van der Waals surface area contributed by atoms with E-state index in [9.17, 15) is 14.0 Å². The van der Waals surface area contributed by atoms with E-state index in [2.05, 4.69) is 10.3 Å². The summed E-state index contributed by atoms with van der Waals surface area (Å²) in [7, 11) is 0. The molecule has 1 aliphatic heterocycles. The van der Waals surface area contributed by atoms with Gasteiger partial charge >= 0.3 is 0 Å². The number of aromatic nitrogens is 1. The van der Waals surface area contributed by atoms with E-state index in [0.717, 1.165) is 6.42 Å². The number of anilines is 2. The van der Waals surface area contributed by atoms with Crippen LogP contribution in [0, 0.1) is 12.7 Å². The summed E-state index contributed by atoms with van der Waals surface area (Å²) in [5, 5.41) is 5.19. The summed E-state index contributed by atoms with van der Waals surface area (Å²) >= 11 is 1.37. The SMILES string of the molecule is Cc1cc(F)ccc1NC(=O)Cc1csc(N2CCCC2=O)n1. The van der Waals surface area contributed by atoms with E-state index in [1.165, 1.54) is 29.5 Å². The van der Waals surface area contributed by atoms with Crippen LogP contribution in [0.15, 0.2) is 23.6 Å². The molecule has 1 N–H and O–H groups in total. The van der Waals surface area contributed by atoms with Crippen molar-refractivity contribution in [1.82, 2.24) is 4.98 Å². The summed E-state index contributed by atoms with van der Waals surface area (Å²) in [6, 6.07) is 4.22. The Morgan fingerprint density at radius 2 is 2.30 bits per heavy atom. The molecule has 0 aliphatic carbocycles. The van der Waals surface area contributed by atoms with Crippen molar-refractivity contribution in [2.75, 3.05) is 16.8 Å². The van der Waals surface area contributed by atoms with E-state index in [1.54, 1.807) is 17.2 Å². The first kappa shape index (κ1) is 15.6. The third-order valence-electron chi connectivity index (χ3n) is 3.65. The molecule has 0 bridgehead atoms. The van der Waals surface area contributed by atoms with Crippen LogP contribution in [0.2, 0.25) is 0 Å². The highest BCUT2D eigenvalue weighted by molar-refractivity contribution is 7.14. The topological polar surface area (TPSA) is 62.3 Å². The van der Waals surface area contributed by atoms with Crippen LogP contribution in [0.25, 0.3) is 0 Å². The lowest BCUT2D eigenvalue weighted by atomic mass is 10.2. The third kappa shape index (κ3) is 3.56. The molecule has 3 rings (SSSR count). The Hall–Kier alpha value is -2.28. The Morgan fingerprint density at radius 3 is 3.00 bits per heavy atom. The molecule has 0 radical (unpaired) electrons. The van der Waals surface area contributed by atoms with Gasteiger partial charge in [-0.3, -0.25) is 14.5 Å². The molecule has 2 heterocycles. The number of carbonyl (C=O) groups is 2. The third-order valence-corrected chi connectivity index (χ3v) is 4.56. The van der Waals surface area contributed by atoms with Crippen molar-refractivity contribution in [1.29, 1.82) is 0 Å². The minimum atomic E-state index is -0.333. The fourth-order valence-corrected chi connectivity index (χ4v) is 3.35. The van der Waals surface area contributed by atoms with Crippen molar-refractivity contribution in [2.24, 2.45) is 0 Å². The van der Waals surface area contributed by atoms with Crippen LogP contribution in [0.3, 0.4) is 0 Å². The van der Waals surface area contributed by atoms with Crippen LogP contribution >= 0.6 is 11.3 Å². The molecular formula is C16H16FN3O2S. The predicted octanol–water partition coefficient (Wildman–Crippen LogP) is 2.90. The number of aryl methyl sites for hydroxylation is 1. The van der Waals surface area contributed by atoms with Gasteiger partial charge in [-0.15, -0.1) is 11.3 Å². The molecule has 120 valence electrons. The number of nitrogens with zero attached hydrogens (tertiary/aromatic N) is 2. The lowest BCUT2D eigenvalue weighted by Crippen LogP contribution is -2.23. The molecule has 0 unspecified atom stereocenters. The maximum Gasteiger partial charge on any atom is 0.230 e. The van der Waals surface area contributed by atoms with Crippen LogP contribution in [0.4, 0.5) is 15.2 Å². The minimum Gasteiger partial charge on any atom is -0.326 e. The van der Waals surface area contributed by atoms with Crippen LogP contribution in [0.5, 0.6) is 0 Å². The quantitative estimate of drug-likeness (QED) is 0.936. The van der Waals surface area contributed by atoms with Crippen molar-refractivity contribution >= 4 is 34.0 Å². The number of thiazole rings is 1. The zero-order valence-corrected chi connectivity index (χ0v) is 13.5. The van der Waals surface area contributed by atoms with Gasteiger partial charge in [-0.05, 0) is 37.1 Å². The number of halogens is 1. The van der Waals surface area contributed by atoms with E-state index in [0.29, 0.717) is 35.0 Å². The van der Waals surface area contributed by atoms with Crippen molar-refractivity contribution in [3.8, 4) is 0 Å². The van der Waals surface area contributed by atoms with E-state index >= 15 is 0 Å². The number of benzene rings is 1. The molecule has 2 amide bonds. The number of hydrogen-bond donors (Lipinski definition) is 1. The van der Waals surface area contributed by atoms with Crippen molar-refractivity contribution in [2.45, 2.75) is 26.2 Å². The summed E-state index contributed by atoms with van der Waals surface area (Å²) < 4.78 is 13.1. The lowest BCUT2D eigenvalue weighted by Gasteiger charge is -2.10. The van der Waals surface area contributed by atoms with Gasteiger partial charge in [0.25, 0.3) is 0 Å². The van der Waals surface area contributed by atoms with Gasteiger partial charge in [0.1, 0.15) is 5.82 Å². The summed E-state index contributed by atoms with van der Waals surface area (Å²) in [5.74, 6) is -0.471. The van der Waals surface area contributed by atoms with Gasteiger partial charge in [0.15, 0.2) is 5.13 Å². The molecule has 23 heavy (non-hydrogen) atoms. The van der Waals surface area contributed by atoms with Crippen molar-refractivity contribution in [3.63, 3.8) is 0 Å². The molecule has 0 atom stereocenters. The van der Waals surface area contributed by atoms with E-state index in [-0.39, 0.29) is 24.1 Å². The molecule has 0 saturated carbocycles. The highest BCUT2D eigenvalue weighted by Crippen LogP contribution is 2.25. The summed E-state index contributed by atoms with van der Waals surface area (Å²) in [5.41, 5.74) is 1.88. The van der Waals surface area contributed by atoms with E-state index < -0.39 is 0 Å². The summed E-state index contributed by atoms with van der Waals surface area (Å²) in [6.45, 7) is 2.42. The number of carbonyl (C=O) groups excluding carboxylic acids is 2. The van der Waals surface area contributed by atoms with Gasteiger partial charge in [0.2, 0.25) is 11.8 Å². The second-order valence-corrected chi connectivity index (χ2v) is 6.29. The molecule has 7 heteroatoms. The second-order valence-electron chi connectivity index (χ2n) is 5.45. The van der Waals surface area contributed by atoms with Crippen LogP contribution < -0.4 is 10.2 Å². The molecule has 5 nitrogen and oxygen atoms in total. The van der Waals surface area contributed by atoms with Gasteiger partial charge in [-0.2, -0.15) is 0 Å². The molecule has 2 aromatic rings. The van der Waals surface area contributed by atoms with Gasteiger partial charge < -0.3 is 5.32 Å². The highest BCUT2D eigenvalue weighted by Gasteiger charge is 2.24. The van der Waals surface area contributed by atoms with E-state index in [1.807, 2.05) is 0 Å². The zero-order chi connectivity index (χ0) is 16.4.